The molecular weight excluding hydrogens is 219 g/mol. The number of aromatic nitrogens is 2. The average Bonchev–Trinajstić information content (AvgIpc) is 2.86. The van der Waals surface area contributed by atoms with Crippen LogP contribution < -0.4 is 5.73 Å². The number of nitrogens with zero attached hydrogens (tertiary/aromatic N) is 2. The first-order valence-corrected chi connectivity index (χ1v) is 5.28. The molecule has 2 rings (SSSR count). The van der Waals surface area contributed by atoms with E-state index in [4.69, 9.17) is 5.73 Å². The Morgan fingerprint density at radius 2 is 2.19 bits per heavy atom. The quantitative estimate of drug-likeness (QED) is 0.869. The molecule has 0 saturated heterocycles. The van der Waals surface area contributed by atoms with Crippen molar-refractivity contribution in [2.24, 2.45) is 5.73 Å². The lowest BCUT2D eigenvalue weighted by Crippen LogP contribution is -2.24. The maximum absolute atomic E-state index is 12.5. The van der Waals surface area contributed by atoms with Gasteiger partial charge < -0.3 is 5.73 Å². The van der Waals surface area contributed by atoms with Crippen LogP contribution in [0.15, 0.2) is 6.07 Å². The second kappa shape index (κ2) is 3.76. The summed E-state index contributed by atoms with van der Waals surface area (Å²) >= 11 is 0. The smallest absolute Gasteiger partial charge is 0.326 e. The zero-order chi connectivity index (χ0) is 11.9. The lowest BCUT2D eigenvalue weighted by molar-refractivity contribution is -0.141. The standard InChI is InChI=1S/C10H14F3N3/c1-6(14)5-16-8(7-2-3-7)4-9(15-16)10(11,12)13/h4,6-7H,2-3,5,14H2,1H3. The molecular formula is C10H14F3N3. The monoisotopic (exact) mass is 233 g/mol. The van der Waals surface area contributed by atoms with E-state index < -0.39 is 11.9 Å². The first-order valence-electron chi connectivity index (χ1n) is 5.28. The van der Waals surface area contributed by atoms with Gasteiger partial charge in [0.05, 0.1) is 6.54 Å². The van der Waals surface area contributed by atoms with Crippen molar-refractivity contribution in [3.63, 3.8) is 0 Å². The highest BCUT2D eigenvalue weighted by Crippen LogP contribution is 2.42. The van der Waals surface area contributed by atoms with E-state index in [1.807, 2.05) is 0 Å². The van der Waals surface area contributed by atoms with Gasteiger partial charge in [-0.1, -0.05) is 0 Å². The minimum atomic E-state index is -4.37. The summed E-state index contributed by atoms with van der Waals surface area (Å²) in [6.45, 7) is 2.09. The van der Waals surface area contributed by atoms with Crippen LogP contribution in [0.3, 0.4) is 0 Å². The van der Waals surface area contributed by atoms with E-state index >= 15 is 0 Å². The first-order chi connectivity index (χ1) is 7.38. The van der Waals surface area contributed by atoms with Gasteiger partial charge in [-0.3, -0.25) is 4.68 Å². The third-order valence-corrected chi connectivity index (χ3v) is 2.56. The van der Waals surface area contributed by atoms with Gasteiger partial charge in [0.1, 0.15) is 0 Å². The zero-order valence-corrected chi connectivity index (χ0v) is 8.96. The number of rotatable bonds is 3. The number of hydrogen-bond acceptors (Lipinski definition) is 2. The summed E-state index contributed by atoms with van der Waals surface area (Å²) in [5.41, 5.74) is 5.45. The molecule has 0 spiro atoms. The number of alkyl halides is 3. The van der Waals surface area contributed by atoms with Crippen molar-refractivity contribution in [3.05, 3.63) is 17.5 Å². The topological polar surface area (TPSA) is 43.8 Å². The van der Waals surface area contributed by atoms with Crippen LogP contribution in [0.1, 0.15) is 37.1 Å². The van der Waals surface area contributed by atoms with Crippen molar-refractivity contribution in [1.82, 2.24) is 9.78 Å². The van der Waals surface area contributed by atoms with Gasteiger partial charge in [0.2, 0.25) is 0 Å². The first kappa shape index (κ1) is 11.4. The van der Waals surface area contributed by atoms with Crippen molar-refractivity contribution >= 4 is 0 Å². The SMILES string of the molecule is CC(N)Cn1nc(C(F)(F)F)cc1C1CC1. The average molecular weight is 233 g/mol. The Bertz CT molecular complexity index is 377. The van der Waals surface area contributed by atoms with Gasteiger partial charge in [-0.25, -0.2) is 0 Å². The number of nitrogens with two attached hydrogens (primary N) is 1. The molecule has 1 saturated carbocycles. The second-order valence-electron chi connectivity index (χ2n) is 4.39. The summed E-state index contributed by atoms with van der Waals surface area (Å²) in [4.78, 5) is 0. The minimum Gasteiger partial charge on any atom is -0.326 e. The molecule has 0 aliphatic heterocycles. The van der Waals surface area contributed by atoms with E-state index in [1.165, 1.54) is 4.68 Å². The molecule has 1 aliphatic carbocycles. The van der Waals surface area contributed by atoms with Crippen LogP contribution in [-0.2, 0) is 12.7 Å². The van der Waals surface area contributed by atoms with Crippen molar-refractivity contribution in [1.29, 1.82) is 0 Å². The van der Waals surface area contributed by atoms with E-state index in [2.05, 4.69) is 5.10 Å². The molecule has 1 atom stereocenters. The van der Waals surface area contributed by atoms with Crippen molar-refractivity contribution < 1.29 is 13.2 Å². The van der Waals surface area contributed by atoms with Crippen molar-refractivity contribution in [2.45, 2.75) is 44.4 Å². The fourth-order valence-electron chi connectivity index (χ4n) is 1.70. The van der Waals surface area contributed by atoms with Gasteiger partial charge in [0, 0.05) is 17.7 Å². The van der Waals surface area contributed by atoms with Gasteiger partial charge in [-0.15, -0.1) is 0 Å². The Labute approximate surface area is 91.4 Å². The highest BCUT2D eigenvalue weighted by Gasteiger charge is 2.37. The molecule has 1 fully saturated rings. The van der Waals surface area contributed by atoms with Gasteiger partial charge in [-0.05, 0) is 25.8 Å². The van der Waals surface area contributed by atoms with Crippen LogP contribution >= 0.6 is 0 Å². The summed E-state index contributed by atoms with van der Waals surface area (Å²) < 4.78 is 38.9. The maximum atomic E-state index is 12.5. The van der Waals surface area contributed by atoms with Gasteiger partial charge in [0.15, 0.2) is 5.69 Å². The van der Waals surface area contributed by atoms with Crippen LogP contribution in [0.2, 0.25) is 0 Å². The third-order valence-electron chi connectivity index (χ3n) is 2.56. The second-order valence-corrected chi connectivity index (χ2v) is 4.39. The molecule has 1 heterocycles. The predicted octanol–water partition coefficient (Wildman–Crippen LogP) is 2.13. The van der Waals surface area contributed by atoms with E-state index in [1.54, 1.807) is 6.92 Å². The van der Waals surface area contributed by atoms with E-state index in [0.717, 1.165) is 18.9 Å². The highest BCUT2D eigenvalue weighted by molar-refractivity contribution is 5.21. The summed E-state index contributed by atoms with van der Waals surface area (Å²) in [6, 6.07) is 0.957. The Balaban J connectivity index is 2.30. The summed E-state index contributed by atoms with van der Waals surface area (Å²) in [5.74, 6) is 0.238. The molecule has 16 heavy (non-hydrogen) atoms. The number of halogens is 3. The van der Waals surface area contributed by atoms with Crippen LogP contribution in [0.25, 0.3) is 0 Å². The lowest BCUT2D eigenvalue weighted by atomic mass is 10.2. The van der Waals surface area contributed by atoms with Crippen LogP contribution in [0.4, 0.5) is 13.2 Å². The van der Waals surface area contributed by atoms with Crippen molar-refractivity contribution in [2.75, 3.05) is 0 Å². The summed E-state index contributed by atoms with van der Waals surface area (Å²) in [5, 5.41) is 3.59. The van der Waals surface area contributed by atoms with Gasteiger partial charge in [-0.2, -0.15) is 18.3 Å². The third kappa shape index (κ3) is 2.37. The summed E-state index contributed by atoms with van der Waals surface area (Å²) in [7, 11) is 0. The fourth-order valence-corrected chi connectivity index (χ4v) is 1.70. The molecule has 1 aromatic heterocycles. The summed E-state index contributed by atoms with van der Waals surface area (Å²) in [6.07, 6.45) is -2.48. The molecule has 0 bridgehead atoms. The van der Waals surface area contributed by atoms with Crippen molar-refractivity contribution in [3.8, 4) is 0 Å². The van der Waals surface area contributed by atoms with E-state index in [9.17, 15) is 13.2 Å². The Morgan fingerprint density at radius 1 is 1.56 bits per heavy atom. The normalized spacial score (nSPS) is 18.8. The Kier molecular flexibility index (Phi) is 2.69. The molecule has 90 valence electrons. The lowest BCUT2D eigenvalue weighted by Gasteiger charge is -2.08. The Hall–Kier alpha value is -1.04. The molecule has 1 aliphatic rings. The minimum absolute atomic E-state index is 0.196. The molecule has 0 radical (unpaired) electrons. The molecule has 3 nitrogen and oxygen atoms in total. The molecule has 1 aromatic rings. The predicted molar refractivity (Wildman–Crippen MR) is 52.9 cm³/mol. The molecule has 0 aromatic carbocycles. The van der Waals surface area contributed by atoms with Crippen LogP contribution in [0.5, 0.6) is 0 Å². The van der Waals surface area contributed by atoms with Crippen LogP contribution in [0, 0.1) is 0 Å². The van der Waals surface area contributed by atoms with Gasteiger partial charge in [0.25, 0.3) is 0 Å². The number of hydrogen-bond donors (Lipinski definition) is 1. The zero-order valence-electron chi connectivity index (χ0n) is 8.96. The fraction of sp³-hybridized carbons (Fsp3) is 0.700. The van der Waals surface area contributed by atoms with E-state index in [0.29, 0.717) is 12.2 Å². The van der Waals surface area contributed by atoms with E-state index in [-0.39, 0.29) is 12.0 Å². The molecule has 2 N–H and O–H groups in total. The molecule has 1 unspecified atom stereocenters. The van der Waals surface area contributed by atoms with Crippen LogP contribution in [-0.4, -0.2) is 15.8 Å². The van der Waals surface area contributed by atoms with Gasteiger partial charge >= 0.3 is 6.18 Å². The molecule has 0 amide bonds. The maximum Gasteiger partial charge on any atom is 0.435 e. The Morgan fingerprint density at radius 3 is 2.62 bits per heavy atom. The largest absolute Gasteiger partial charge is 0.435 e. The molecule has 6 heteroatoms. The highest BCUT2D eigenvalue weighted by atomic mass is 19.4.